The summed E-state index contributed by atoms with van der Waals surface area (Å²) in [5.74, 6) is -0.943. The predicted molar refractivity (Wildman–Crippen MR) is 126 cm³/mol. The van der Waals surface area contributed by atoms with Gasteiger partial charge in [-0.2, -0.15) is 0 Å². The summed E-state index contributed by atoms with van der Waals surface area (Å²) in [6.07, 6.45) is -2.74. The van der Waals surface area contributed by atoms with Crippen LogP contribution in [0.25, 0.3) is 0 Å². The molecule has 1 aliphatic rings. The SMILES string of the molecule is CC1SCC(C(C(=O)NCc2ccccc2)N(CC(F)F)C(=O)CCc2ccc(O)cc2)[N+]1=O. The standard InChI is InChI=1S/C24H27F2N3O4S/c1-16-29(33)20(15-34-16)23(24(32)27-13-18-5-3-2-4-6-18)28(14-21(25)26)22(31)12-9-17-7-10-19(30)11-8-17/h2-8,10-11,16,20-21,23H,9,12-15H2,1H3,(H-,27,30,32)/p+1. The maximum Gasteiger partial charge on any atom is 0.255 e. The van der Waals surface area contributed by atoms with Gasteiger partial charge in [0.05, 0.1) is 12.3 Å². The molecule has 1 heterocycles. The number of phenolic OH excluding ortho intramolecular Hbond substituents is 1. The van der Waals surface area contributed by atoms with Crippen LogP contribution in [0.3, 0.4) is 0 Å². The van der Waals surface area contributed by atoms with Crippen molar-refractivity contribution in [3.63, 3.8) is 0 Å². The van der Waals surface area contributed by atoms with Crippen LogP contribution in [0.2, 0.25) is 0 Å². The molecular weight excluding hydrogens is 464 g/mol. The Morgan fingerprint density at radius 1 is 1.15 bits per heavy atom. The van der Waals surface area contributed by atoms with Gasteiger partial charge in [0, 0.05) is 29.6 Å². The van der Waals surface area contributed by atoms with Gasteiger partial charge in [-0.25, -0.2) is 8.78 Å². The molecule has 7 nitrogen and oxygen atoms in total. The van der Waals surface area contributed by atoms with Crippen molar-refractivity contribution in [2.24, 2.45) is 0 Å². The molecule has 182 valence electrons. The van der Waals surface area contributed by atoms with Gasteiger partial charge < -0.3 is 15.3 Å². The molecule has 3 atom stereocenters. The number of amides is 2. The van der Waals surface area contributed by atoms with Gasteiger partial charge in [0.2, 0.25) is 23.2 Å². The van der Waals surface area contributed by atoms with E-state index in [1.807, 2.05) is 30.3 Å². The minimum Gasteiger partial charge on any atom is -0.508 e. The summed E-state index contributed by atoms with van der Waals surface area (Å²) in [5.41, 5.74) is 1.55. The van der Waals surface area contributed by atoms with Gasteiger partial charge in [0.15, 0.2) is 6.04 Å². The minimum atomic E-state index is -2.87. The van der Waals surface area contributed by atoms with Gasteiger partial charge >= 0.3 is 0 Å². The van der Waals surface area contributed by atoms with Crippen molar-refractivity contribution in [1.29, 1.82) is 0 Å². The van der Waals surface area contributed by atoms with Gasteiger partial charge in [-0.05, 0) is 29.7 Å². The van der Waals surface area contributed by atoms with Crippen molar-refractivity contribution >= 4 is 23.6 Å². The highest BCUT2D eigenvalue weighted by atomic mass is 32.2. The zero-order valence-corrected chi connectivity index (χ0v) is 19.6. The average molecular weight is 493 g/mol. The Balaban J connectivity index is 1.81. The second-order valence-electron chi connectivity index (χ2n) is 8.11. The number of thioether (sulfide) groups is 1. The number of rotatable bonds is 10. The maximum atomic E-state index is 13.5. The monoisotopic (exact) mass is 492 g/mol. The van der Waals surface area contributed by atoms with Crippen molar-refractivity contribution in [3.8, 4) is 5.75 Å². The Bertz CT molecular complexity index is 991. The number of aromatic hydroxyl groups is 1. The van der Waals surface area contributed by atoms with Gasteiger partial charge in [0.25, 0.3) is 6.43 Å². The third-order valence-corrected chi connectivity index (χ3v) is 6.91. The minimum absolute atomic E-state index is 0.0768. The van der Waals surface area contributed by atoms with Crippen LogP contribution in [-0.2, 0) is 22.6 Å². The van der Waals surface area contributed by atoms with Gasteiger partial charge in [-0.3, -0.25) is 9.59 Å². The molecule has 2 N–H and O–H groups in total. The number of hydrogen-bond acceptors (Lipinski definition) is 5. The molecule has 1 saturated heterocycles. The van der Waals surface area contributed by atoms with Gasteiger partial charge in [-0.15, -0.1) is 0 Å². The highest BCUT2D eigenvalue weighted by molar-refractivity contribution is 7.99. The van der Waals surface area contributed by atoms with Crippen LogP contribution in [0.5, 0.6) is 5.75 Å². The number of nitrogens with one attached hydrogen (secondary N) is 1. The summed E-state index contributed by atoms with van der Waals surface area (Å²) in [4.78, 5) is 39.9. The lowest BCUT2D eigenvalue weighted by Crippen LogP contribution is -2.59. The van der Waals surface area contributed by atoms with Gasteiger partial charge in [0.1, 0.15) is 5.75 Å². The van der Waals surface area contributed by atoms with Crippen molar-refractivity contribution in [2.75, 3.05) is 12.3 Å². The molecule has 2 aromatic carbocycles. The largest absolute Gasteiger partial charge is 0.508 e. The fourth-order valence-corrected chi connectivity index (χ4v) is 4.98. The number of aryl methyl sites for hydroxylation is 1. The number of alkyl halides is 2. The summed E-state index contributed by atoms with van der Waals surface area (Å²) in [6, 6.07) is 13.0. The molecule has 0 bridgehead atoms. The molecule has 3 rings (SSSR count). The zero-order chi connectivity index (χ0) is 24.7. The molecule has 0 aliphatic carbocycles. The highest BCUT2D eigenvalue weighted by Gasteiger charge is 2.51. The lowest BCUT2D eigenvalue weighted by atomic mass is 10.0. The number of benzene rings is 2. The number of nitroso groups, excluding NO2 is 1. The van der Waals surface area contributed by atoms with Crippen LogP contribution in [0.4, 0.5) is 8.78 Å². The summed E-state index contributed by atoms with van der Waals surface area (Å²) >= 11 is 1.32. The fourth-order valence-electron chi connectivity index (χ4n) is 3.88. The Morgan fingerprint density at radius 2 is 1.82 bits per heavy atom. The highest BCUT2D eigenvalue weighted by Crippen LogP contribution is 2.29. The molecule has 0 spiro atoms. The topological polar surface area (TPSA) is 89.7 Å². The first kappa shape index (κ1) is 25.6. The Morgan fingerprint density at radius 3 is 2.41 bits per heavy atom. The van der Waals surface area contributed by atoms with Crippen LogP contribution in [0.15, 0.2) is 54.6 Å². The molecule has 0 aromatic heterocycles. The number of hydrogen-bond donors (Lipinski definition) is 2. The van der Waals surface area contributed by atoms with E-state index in [4.69, 9.17) is 0 Å². The average Bonchev–Trinajstić information content (AvgIpc) is 3.15. The Hall–Kier alpha value is -3.01. The van der Waals surface area contributed by atoms with Crippen LogP contribution in [0, 0.1) is 4.91 Å². The summed E-state index contributed by atoms with van der Waals surface area (Å²) in [5, 5.41) is 11.7. The lowest BCUT2D eigenvalue weighted by molar-refractivity contribution is -0.586. The molecule has 34 heavy (non-hydrogen) atoms. The molecule has 2 aromatic rings. The number of nitrogens with zero attached hydrogens (tertiary/aromatic N) is 2. The molecule has 2 amide bonds. The predicted octanol–water partition coefficient (Wildman–Crippen LogP) is 3.34. The fraction of sp³-hybridized carbons (Fsp3) is 0.417. The van der Waals surface area contributed by atoms with Crippen molar-refractivity contribution < 1.29 is 28.2 Å². The molecule has 10 heteroatoms. The number of carbonyl (C=O) groups excluding carboxylic acids is 2. The Labute approximate surface area is 201 Å². The number of phenols is 1. The molecule has 0 radical (unpaired) electrons. The first-order valence-electron chi connectivity index (χ1n) is 11.0. The smallest absolute Gasteiger partial charge is 0.255 e. The normalized spacial score (nSPS) is 18.6. The van der Waals surface area contributed by atoms with E-state index in [0.29, 0.717) is 0 Å². The van der Waals surface area contributed by atoms with Crippen LogP contribution >= 0.6 is 11.8 Å². The molecular formula is C24H28F2N3O4S+. The van der Waals surface area contributed by atoms with E-state index in [-0.39, 0.29) is 30.9 Å². The van der Waals surface area contributed by atoms with Crippen LogP contribution in [0.1, 0.15) is 24.5 Å². The number of halogens is 2. The second kappa shape index (κ2) is 11.9. The first-order valence-corrected chi connectivity index (χ1v) is 12.1. The Kier molecular flexibility index (Phi) is 8.98. The van der Waals surface area contributed by atoms with Crippen LogP contribution < -0.4 is 5.32 Å². The van der Waals surface area contributed by atoms with Crippen LogP contribution in [-0.4, -0.2) is 62.8 Å². The van der Waals surface area contributed by atoms with E-state index in [2.05, 4.69) is 5.32 Å². The van der Waals surface area contributed by atoms with E-state index in [0.717, 1.165) is 20.8 Å². The van der Waals surface area contributed by atoms with Gasteiger partial charge in [-0.1, -0.05) is 54.2 Å². The van der Waals surface area contributed by atoms with Crippen molar-refractivity contribution in [3.05, 3.63) is 70.6 Å². The third kappa shape index (κ3) is 6.75. The summed E-state index contributed by atoms with van der Waals surface area (Å²) in [6.45, 7) is 0.885. The van der Waals surface area contributed by atoms with E-state index in [1.165, 1.54) is 23.9 Å². The zero-order valence-electron chi connectivity index (χ0n) is 18.8. The van der Waals surface area contributed by atoms with Crippen molar-refractivity contribution in [2.45, 2.75) is 50.2 Å². The number of carbonyl (C=O) groups is 2. The third-order valence-electron chi connectivity index (χ3n) is 5.69. The molecule has 1 fully saturated rings. The van der Waals surface area contributed by atoms with E-state index in [9.17, 15) is 28.4 Å². The van der Waals surface area contributed by atoms with Crippen molar-refractivity contribution in [1.82, 2.24) is 10.2 Å². The quantitative estimate of drug-likeness (QED) is 0.497. The molecule has 0 saturated carbocycles. The first-order chi connectivity index (χ1) is 16.3. The molecule has 1 aliphatic heterocycles. The van der Waals surface area contributed by atoms with E-state index >= 15 is 0 Å². The summed E-state index contributed by atoms with van der Waals surface area (Å²) < 4.78 is 27.8. The van der Waals surface area contributed by atoms with E-state index < -0.39 is 42.2 Å². The lowest BCUT2D eigenvalue weighted by Gasteiger charge is -2.31. The maximum absolute atomic E-state index is 13.5. The second-order valence-corrected chi connectivity index (χ2v) is 9.46. The molecule has 3 unspecified atom stereocenters. The summed E-state index contributed by atoms with van der Waals surface area (Å²) in [7, 11) is 0. The van der Waals surface area contributed by atoms with E-state index in [1.54, 1.807) is 19.1 Å².